The second-order valence-electron chi connectivity index (χ2n) is 6.51. The molecule has 1 N–H and O–H groups in total. The van der Waals surface area contributed by atoms with Crippen LogP contribution < -0.4 is 9.47 Å². The minimum absolute atomic E-state index is 0.147. The number of β-amino-alcohol motifs (C(OH)–C–C–N with tert-alkyl or cyclic N) is 1. The monoisotopic (exact) mass is 329 g/mol. The molecule has 1 fully saturated rings. The lowest BCUT2D eigenvalue weighted by atomic mass is 9.87. The predicted molar refractivity (Wildman–Crippen MR) is 89.1 cm³/mol. The van der Waals surface area contributed by atoms with Crippen LogP contribution >= 0.6 is 0 Å². The molecule has 6 heteroatoms. The number of hydrogen-bond donors (Lipinski definition) is 1. The van der Waals surface area contributed by atoms with Gasteiger partial charge in [-0.1, -0.05) is 6.07 Å². The molecule has 2 aliphatic heterocycles. The van der Waals surface area contributed by atoms with E-state index in [4.69, 9.17) is 9.47 Å². The molecule has 3 heterocycles. The maximum Gasteiger partial charge on any atom is 0.231 e. The highest BCUT2D eigenvalue weighted by atomic mass is 16.7. The van der Waals surface area contributed by atoms with Crippen molar-refractivity contribution in [2.24, 2.45) is 0 Å². The number of aromatic nitrogens is 2. The molecule has 24 heavy (non-hydrogen) atoms. The molecule has 1 saturated heterocycles. The predicted octanol–water partition coefficient (Wildman–Crippen LogP) is 1.98. The first-order valence-electron chi connectivity index (χ1n) is 8.54. The van der Waals surface area contributed by atoms with Crippen LogP contribution in [0, 0.1) is 0 Å². The van der Waals surface area contributed by atoms with Crippen LogP contribution in [0.1, 0.15) is 30.4 Å². The van der Waals surface area contributed by atoms with Gasteiger partial charge >= 0.3 is 0 Å². The van der Waals surface area contributed by atoms with Gasteiger partial charge in [-0.2, -0.15) is 5.10 Å². The van der Waals surface area contributed by atoms with E-state index < -0.39 is 0 Å². The Kier molecular flexibility index (Phi) is 4.16. The number of aryl methyl sites for hydroxylation is 1. The minimum Gasteiger partial charge on any atom is -0.454 e. The lowest BCUT2D eigenvalue weighted by Gasteiger charge is -2.36. The van der Waals surface area contributed by atoms with Gasteiger partial charge in [0.2, 0.25) is 6.79 Å². The van der Waals surface area contributed by atoms with E-state index in [0.29, 0.717) is 6.54 Å². The van der Waals surface area contributed by atoms with E-state index in [0.717, 1.165) is 43.1 Å². The summed E-state index contributed by atoms with van der Waals surface area (Å²) in [6.07, 6.45) is 4.55. The number of hydrogen-bond acceptors (Lipinski definition) is 5. The first kappa shape index (κ1) is 15.5. The van der Waals surface area contributed by atoms with Crippen LogP contribution in [0.4, 0.5) is 0 Å². The summed E-state index contributed by atoms with van der Waals surface area (Å²) in [5.74, 6) is 1.72. The van der Waals surface area contributed by atoms with Crippen LogP contribution in [0.5, 0.6) is 11.5 Å². The second-order valence-corrected chi connectivity index (χ2v) is 6.51. The number of likely N-dealkylation sites (tertiary alicyclic amines) is 1. The van der Waals surface area contributed by atoms with Gasteiger partial charge in [0.25, 0.3) is 0 Å². The summed E-state index contributed by atoms with van der Waals surface area (Å²) in [5, 5.41) is 15.0. The van der Waals surface area contributed by atoms with E-state index in [1.807, 2.05) is 29.1 Å². The summed E-state index contributed by atoms with van der Waals surface area (Å²) in [5.41, 5.74) is 2.33. The third-order valence-electron chi connectivity index (χ3n) is 4.91. The van der Waals surface area contributed by atoms with Gasteiger partial charge in [0, 0.05) is 37.3 Å². The molecule has 2 atom stereocenters. The summed E-state index contributed by atoms with van der Waals surface area (Å²) < 4.78 is 12.8. The van der Waals surface area contributed by atoms with Crippen molar-refractivity contribution in [3.8, 4) is 11.5 Å². The molecular formula is C18H23N3O3. The molecule has 0 aliphatic carbocycles. The third kappa shape index (κ3) is 2.99. The van der Waals surface area contributed by atoms with Crippen LogP contribution in [0.25, 0.3) is 0 Å². The van der Waals surface area contributed by atoms with Gasteiger partial charge in [-0.25, -0.2) is 0 Å². The first-order valence-corrected chi connectivity index (χ1v) is 8.54. The standard InChI is InChI=1S/C18H23N3O3/c1-2-21-10-13(8-19-21)9-20-6-5-15(16(22)11-20)14-3-4-17-18(7-14)24-12-23-17/h3-4,7-8,10,15-16,22H,2,5-6,9,11-12H2,1H3/t15-,16+/m0/s1. The molecule has 128 valence electrons. The maximum absolute atomic E-state index is 10.6. The number of fused-ring (bicyclic) bond motifs is 1. The van der Waals surface area contributed by atoms with Crippen molar-refractivity contribution >= 4 is 0 Å². The van der Waals surface area contributed by atoms with Gasteiger partial charge in [0.05, 0.1) is 12.3 Å². The summed E-state index contributed by atoms with van der Waals surface area (Å²) in [6, 6.07) is 6.00. The molecule has 1 aromatic carbocycles. The number of piperidine rings is 1. The van der Waals surface area contributed by atoms with Gasteiger partial charge in [-0.05, 0) is 37.6 Å². The largest absolute Gasteiger partial charge is 0.454 e. The quantitative estimate of drug-likeness (QED) is 0.929. The van der Waals surface area contributed by atoms with Crippen molar-refractivity contribution in [2.45, 2.75) is 38.5 Å². The molecule has 1 aromatic heterocycles. The highest BCUT2D eigenvalue weighted by molar-refractivity contribution is 5.45. The summed E-state index contributed by atoms with van der Waals surface area (Å²) >= 11 is 0. The summed E-state index contributed by atoms with van der Waals surface area (Å²) in [6.45, 7) is 5.73. The summed E-state index contributed by atoms with van der Waals surface area (Å²) in [7, 11) is 0. The Morgan fingerprint density at radius 3 is 2.96 bits per heavy atom. The number of rotatable bonds is 4. The fraction of sp³-hybridized carbons (Fsp3) is 0.500. The highest BCUT2D eigenvalue weighted by Crippen LogP contribution is 2.37. The van der Waals surface area contributed by atoms with Crippen molar-refractivity contribution in [3.63, 3.8) is 0 Å². The van der Waals surface area contributed by atoms with Gasteiger partial charge < -0.3 is 14.6 Å². The van der Waals surface area contributed by atoms with Crippen molar-refractivity contribution in [2.75, 3.05) is 19.9 Å². The number of benzene rings is 1. The zero-order valence-corrected chi connectivity index (χ0v) is 13.9. The van der Waals surface area contributed by atoms with E-state index in [2.05, 4.69) is 23.1 Å². The number of aliphatic hydroxyl groups excluding tert-OH is 1. The Labute approximate surface area is 141 Å². The number of aliphatic hydroxyl groups is 1. The molecular weight excluding hydrogens is 306 g/mol. The normalized spacial score (nSPS) is 23.6. The smallest absolute Gasteiger partial charge is 0.231 e. The molecule has 0 saturated carbocycles. The van der Waals surface area contributed by atoms with E-state index in [1.165, 1.54) is 5.56 Å². The minimum atomic E-state index is -0.375. The molecule has 0 radical (unpaired) electrons. The van der Waals surface area contributed by atoms with E-state index >= 15 is 0 Å². The van der Waals surface area contributed by atoms with Crippen molar-refractivity contribution in [1.82, 2.24) is 14.7 Å². The zero-order valence-electron chi connectivity index (χ0n) is 13.9. The maximum atomic E-state index is 10.6. The van der Waals surface area contributed by atoms with Crippen LogP contribution in [-0.4, -0.2) is 45.8 Å². The number of nitrogens with zero attached hydrogens (tertiary/aromatic N) is 3. The van der Waals surface area contributed by atoms with Crippen molar-refractivity contribution < 1.29 is 14.6 Å². The van der Waals surface area contributed by atoms with Gasteiger partial charge in [0.15, 0.2) is 11.5 Å². The lowest BCUT2D eigenvalue weighted by molar-refractivity contribution is 0.0476. The molecule has 0 spiro atoms. The molecule has 2 aromatic rings. The van der Waals surface area contributed by atoms with E-state index in [-0.39, 0.29) is 18.8 Å². The Balaban J connectivity index is 1.41. The Bertz CT molecular complexity index is 715. The molecule has 0 bridgehead atoms. The Morgan fingerprint density at radius 1 is 1.29 bits per heavy atom. The van der Waals surface area contributed by atoms with Gasteiger partial charge in [-0.3, -0.25) is 9.58 Å². The van der Waals surface area contributed by atoms with Crippen LogP contribution in [0.15, 0.2) is 30.6 Å². The van der Waals surface area contributed by atoms with Gasteiger partial charge in [-0.15, -0.1) is 0 Å². The SMILES string of the molecule is CCn1cc(CN2CC[C@@H](c3ccc4c(c3)OCO4)[C@H](O)C2)cn1. The molecule has 4 rings (SSSR count). The molecule has 0 amide bonds. The van der Waals surface area contributed by atoms with Crippen LogP contribution in [0.3, 0.4) is 0 Å². The van der Waals surface area contributed by atoms with Crippen molar-refractivity contribution in [3.05, 3.63) is 41.7 Å². The fourth-order valence-electron chi connectivity index (χ4n) is 3.59. The van der Waals surface area contributed by atoms with Crippen LogP contribution in [0.2, 0.25) is 0 Å². The first-order chi connectivity index (χ1) is 11.7. The molecule has 2 aliphatic rings. The lowest BCUT2D eigenvalue weighted by Crippen LogP contribution is -2.42. The average molecular weight is 329 g/mol. The number of ether oxygens (including phenoxy) is 2. The fourth-order valence-corrected chi connectivity index (χ4v) is 3.59. The summed E-state index contributed by atoms with van der Waals surface area (Å²) in [4.78, 5) is 2.30. The second kappa shape index (κ2) is 6.45. The van der Waals surface area contributed by atoms with Gasteiger partial charge in [0.1, 0.15) is 0 Å². The highest BCUT2D eigenvalue weighted by Gasteiger charge is 2.30. The van der Waals surface area contributed by atoms with E-state index in [1.54, 1.807) is 0 Å². The van der Waals surface area contributed by atoms with E-state index in [9.17, 15) is 5.11 Å². The average Bonchev–Trinajstić information content (AvgIpc) is 3.23. The topological polar surface area (TPSA) is 59.8 Å². The zero-order chi connectivity index (χ0) is 16.5. The van der Waals surface area contributed by atoms with Crippen molar-refractivity contribution in [1.29, 1.82) is 0 Å². The van der Waals surface area contributed by atoms with Crippen LogP contribution in [-0.2, 0) is 13.1 Å². The molecule has 6 nitrogen and oxygen atoms in total. The Morgan fingerprint density at radius 2 is 2.17 bits per heavy atom. The third-order valence-corrected chi connectivity index (χ3v) is 4.91. The molecule has 0 unspecified atom stereocenters. The Hall–Kier alpha value is -2.05.